The second kappa shape index (κ2) is 5.47. The lowest BCUT2D eigenvalue weighted by atomic mass is 9.94. The molecule has 3 nitrogen and oxygen atoms in total. The van der Waals surface area contributed by atoms with Gasteiger partial charge in [-0.05, 0) is 50.1 Å². The molecule has 0 spiro atoms. The Bertz CT molecular complexity index is 404. The number of nitrogens with zero attached hydrogens (tertiary/aromatic N) is 1. The number of nitrogen functional groups attached to an aromatic ring is 1. The van der Waals surface area contributed by atoms with Gasteiger partial charge in [-0.3, -0.25) is 4.90 Å². The van der Waals surface area contributed by atoms with Crippen molar-refractivity contribution >= 4 is 17.3 Å². The van der Waals surface area contributed by atoms with Crippen molar-refractivity contribution in [2.45, 2.75) is 31.9 Å². The number of likely N-dealkylation sites (tertiary alicyclic amines) is 1. The van der Waals surface area contributed by atoms with E-state index >= 15 is 0 Å². The minimum absolute atomic E-state index is 0.0254. The number of halogens is 1. The molecule has 100 valence electrons. The van der Waals surface area contributed by atoms with Crippen molar-refractivity contribution < 1.29 is 4.74 Å². The first-order valence-electron chi connectivity index (χ1n) is 6.33. The van der Waals surface area contributed by atoms with E-state index in [1.807, 2.05) is 12.1 Å². The quantitative estimate of drug-likeness (QED) is 0.857. The molecule has 0 aliphatic carbocycles. The van der Waals surface area contributed by atoms with Gasteiger partial charge >= 0.3 is 0 Å². The summed E-state index contributed by atoms with van der Waals surface area (Å²) in [5, 5.41) is 0.705. The zero-order chi connectivity index (χ0) is 13.2. The summed E-state index contributed by atoms with van der Waals surface area (Å²) < 4.78 is 5.60. The van der Waals surface area contributed by atoms with Crippen molar-refractivity contribution in [2.24, 2.45) is 0 Å². The van der Waals surface area contributed by atoms with Gasteiger partial charge in [0.2, 0.25) is 0 Å². The van der Waals surface area contributed by atoms with Gasteiger partial charge in [-0.25, -0.2) is 0 Å². The Hall–Kier alpha value is -0.770. The maximum atomic E-state index is 6.03. The van der Waals surface area contributed by atoms with Gasteiger partial charge in [-0.1, -0.05) is 11.6 Å². The number of piperidine rings is 1. The molecule has 18 heavy (non-hydrogen) atoms. The SMILES string of the molecule is COC1(C)CCCN(Cc2cc(N)cc(Cl)c2)C1. The van der Waals surface area contributed by atoms with Crippen LogP contribution in [-0.4, -0.2) is 30.7 Å². The maximum absolute atomic E-state index is 6.03. The molecule has 1 unspecified atom stereocenters. The van der Waals surface area contributed by atoms with E-state index in [4.69, 9.17) is 22.1 Å². The van der Waals surface area contributed by atoms with Crippen LogP contribution in [0.5, 0.6) is 0 Å². The summed E-state index contributed by atoms with van der Waals surface area (Å²) >= 11 is 6.03. The Morgan fingerprint density at radius 1 is 1.44 bits per heavy atom. The molecule has 1 aromatic carbocycles. The van der Waals surface area contributed by atoms with Gasteiger partial charge in [0.25, 0.3) is 0 Å². The largest absolute Gasteiger partial charge is 0.399 e. The molecular formula is C14H21ClN2O. The molecule has 0 bridgehead atoms. The Labute approximate surface area is 114 Å². The minimum Gasteiger partial charge on any atom is -0.399 e. The Balaban J connectivity index is 2.04. The lowest BCUT2D eigenvalue weighted by Crippen LogP contribution is -2.46. The average Bonchev–Trinajstić information content (AvgIpc) is 2.27. The Kier molecular flexibility index (Phi) is 4.15. The van der Waals surface area contributed by atoms with Crippen LogP contribution in [0.4, 0.5) is 5.69 Å². The van der Waals surface area contributed by atoms with Crippen LogP contribution in [0.1, 0.15) is 25.3 Å². The first-order valence-corrected chi connectivity index (χ1v) is 6.71. The number of methoxy groups -OCH3 is 1. The highest BCUT2D eigenvalue weighted by atomic mass is 35.5. The summed E-state index contributed by atoms with van der Waals surface area (Å²) in [6.07, 6.45) is 2.29. The molecule has 0 saturated carbocycles. The van der Waals surface area contributed by atoms with Crippen LogP contribution in [0, 0.1) is 0 Å². The molecule has 1 aliphatic heterocycles. The highest BCUT2D eigenvalue weighted by Crippen LogP contribution is 2.26. The molecule has 1 heterocycles. The normalized spacial score (nSPS) is 25.3. The predicted molar refractivity (Wildman–Crippen MR) is 75.8 cm³/mol. The van der Waals surface area contributed by atoms with Crippen molar-refractivity contribution in [1.29, 1.82) is 0 Å². The van der Waals surface area contributed by atoms with Crippen LogP contribution in [0.3, 0.4) is 0 Å². The van der Waals surface area contributed by atoms with E-state index in [1.165, 1.54) is 12.0 Å². The number of hydrogen-bond acceptors (Lipinski definition) is 3. The van der Waals surface area contributed by atoms with Gasteiger partial charge in [0.05, 0.1) is 5.60 Å². The second-order valence-corrected chi connectivity index (χ2v) is 5.80. The number of hydrogen-bond donors (Lipinski definition) is 1. The molecule has 0 aromatic heterocycles. The van der Waals surface area contributed by atoms with Gasteiger partial charge in [-0.15, -0.1) is 0 Å². The summed E-state index contributed by atoms with van der Waals surface area (Å²) in [7, 11) is 1.79. The van der Waals surface area contributed by atoms with Crippen LogP contribution in [-0.2, 0) is 11.3 Å². The van der Waals surface area contributed by atoms with Crippen molar-refractivity contribution in [3.05, 3.63) is 28.8 Å². The third kappa shape index (κ3) is 3.37. The lowest BCUT2D eigenvalue weighted by molar-refractivity contribution is -0.0526. The van der Waals surface area contributed by atoms with Crippen LogP contribution in [0.25, 0.3) is 0 Å². The molecular weight excluding hydrogens is 248 g/mol. The van der Waals surface area contributed by atoms with Crippen molar-refractivity contribution in [3.63, 3.8) is 0 Å². The zero-order valence-corrected chi connectivity index (χ0v) is 11.8. The standard InChI is InChI=1S/C14H21ClN2O/c1-14(18-2)4-3-5-17(10-14)9-11-6-12(15)8-13(16)7-11/h6-8H,3-5,9-10,16H2,1-2H3. The fourth-order valence-electron chi connectivity index (χ4n) is 2.63. The number of ether oxygens (including phenoxy) is 1. The van der Waals surface area contributed by atoms with Crippen molar-refractivity contribution in [1.82, 2.24) is 4.90 Å². The van der Waals surface area contributed by atoms with Crippen molar-refractivity contribution in [2.75, 3.05) is 25.9 Å². The summed E-state index contributed by atoms with van der Waals surface area (Å²) in [4.78, 5) is 2.40. The van der Waals surface area contributed by atoms with Crippen LogP contribution in [0.2, 0.25) is 5.02 Å². The van der Waals surface area contributed by atoms with E-state index in [1.54, 1.807) is 13.2 Å². The third-order valence-electron chi connectivity index (χ3n) is 3.62. The summed E-state index contributed by atoms with van der Waals surface area (Å²) in [6, 6.07) is 5.75. The molecule has 1 saturated heterocycles. The highest BCUT2D eigenvalue weighted by Gasteiger charge is 2.30. The van der Waals surface area contributed by atoms with Gasteiger partial charge in [0.15, 0.2) is 0 Å². The maximum Gasteiger partial charge on any atom is 0.0777 e. The molecule has 1 aliphatic rings. The lowest BCUT2D eigenvalue weighted by Gasteiger charge is -2.39. The molecule has 1 aromatic rings. The monoisotopic (exact) mass is 268 g/mol. The van der Waals surface area contributed by atoms with E-state index in [0.29, 0.717) is 5.02 Å². The topological polar surface area (TPSA) is 38.5 Å². The fraction of sp³-hybridized carbons (Fsp3) is 0.571. The molecule has 1 fully saturated rings. The van der Waals surface area contributed by atoms with E-state index in [2.05, 4.69) is 11.8 Å². The second-order valence-electron chi connectivity index (χ2n) is 5.36. The van der Waals surface area contributed by atoms with Gasteiger partial charge < -0.3 is 10.5 Å². The summed E-state index contributed by atoms with van der Waals surface area (Å²) in [5.41, 5.74) is 7.68. The molecule has 0 amide bonds. The predicted octanol–water partition coefficient (Wildman–Crippen LogP) is 2.92. The van der Waals surface area contributed by atoms with Gasteiger partial charge in [0, 0.05) is 30.9 Å². The minimum atomic E-state index is -0.0254. The van der Waals surface area contributed by atoms with Crippen molar-refractivity contribution in [3.8, 4) is 0 Å². The van der Waals surface area contributed by atoms with Gasteiger partial charge in [-0.2, -0.15) is 0 Å². The number of benzene rings is 1. The number of anilines is 1. The van der Waals surface area contributed by atoms with E-state index in [9.17, 15) is 0 Å². The molecule has 0 radical (unpaired) electrons. The summed E-state index contributed by atoms with van der Waals surface area (Å²) in [6.45, 7) is 5.11. The average molecular weight is 269 g/mol. The number of rotatable bonds is 3. The molecule has 2 rings (SSSR count). The summed E-state index contributed by atoms with van der Waals surface area (Å²) in [5.74, 6) is 0. The third-order valence-corrected chi connectivity index (χ3v) is 3.84. The van der Waals surface area contributed by atoms with Crippen LogP contribution in [0.15, 0.2) is 18.2 Å². The van der Waals surface area contributed by atoms with E-state index in [0.717, 1.165) is 31.7 Å². The van der Waals surface area contributed by atoms with Crippen LogP contribution >= 0.6 is 11.6 Å². The molecule has 4 heteroatoms. The van der Waals surface area contributed by atoms with E-state index in [-0.39, 0.29) is 5.60 Å². The van der Waals surface area contributed by atoms with E-state index < -0.39 is 0 Å². The molecule has 1 atom stereocenters. The first kappa shape index (κ1) is 13.7. The Morgan fingerprint density at radius 2 is 2.22 bits per heavy atom. The molecule has 2 N–H and O–H groups in total. The van der Waals surface area contributed by atoms with Crippen LogP contribution < -0.4 is 5.73 Å². The smallest absolute Gasteiger partial charge is 0.0777 e. The fourth-order valence-corrected chi connectivity index (χ4v) is 2.90. The highest BCUT2D eigenvalue weighted by molar-refractivity contribution is 6.30. The first-order chi connectivity index (χ1) is 8.50. The van der Waals surface area contributed by atoms with Gasteiger partial charge in [0.1, 0.15) is 0 Å². The zero-order valence-electron chi connectivity index (χ0n) is 11.1. The number of nitrogens with two attached hydrogens (primary N) is 1. The Morgan fingerprint density at radius 3 is 2.89 bits per heavy atom.